The van der Waals surface area contributed by atoms with Crippen molar-refractivity contribution in [1.82, 2.24) is 9.97 Å². The predicted octanol–water partition coefficient (Wildman–Crippen LogP) is 3.08. The molecule has 0 amide bonds. The number of anilines is 2. The predicted molar refractivity (Wildman–Crippen MR) is 87.0 cm³/mol. The lowest BCUT2D eigenvalue weighted by Gasteiger charge is -2.24. The third-order valence-electron chi connectivity index (χ3n) is 3.48. The van der Waals surface area contributed by atoms with Gasteiger partial charge >= 0.3 is 0 Å². The Morgan fingerprint density at radius 2 is 2.10 bits per heavy atom. The number of aromatic nitrogens is 2. The summed E-state index contributed by atoms with van der Waals surface area (Å²) in [4.78, 5) is 8.87. The molecule has 0 saturated carbocycles. The van der Waals surface area contributed by atoms with Crippen LogP contribution in [0.4, 0.5) is 11.6 Å². The molecular formula is C15H17BrN4O. The number of nitrogens with one attached hydrogen (secondary N) is 1. The molecule has 3 N–H and O–H groups in total. The van der Waals surface area contributed by atoms with Crippen molar-refractivity contribution < 1.29 is 4.74 Å². The average Bonchev–Trinajstić information content (AvgIpc) is 2.50. The first-order chi connectivity index (χ1) is 10.2. The zero-order valence-corrected chi connectivity index (χ0v) is 13.1. The van der Waals surface area contributed by atoms with Crippen LogP contribution in [0.15, 0.2) is 34.9 Å². The van der Waals surface area contributed by atoms with Crippen molar-refractivity contribution in [3.8, 4) is 11.3 Å². The number of nitrogens with zero attached hydrogens (tertiary/aromatic N) is 2. The van der Waals surface area contributed by atoms with E-state index in [1.165, 1.54) is 0 Å². The highest BCUT2D eigenvalue weighted by atomic mass is 79.9. The van der Waals surface area contributed by atoms with Gasteiger partial charge in [-0.3, -0.25) is 0 Å². The molecule has 1 aliphatic rings. The summed E-state index contributed by atoms with van der Waals surface area (Å²) in [5.41, 5.74) is 7.75. The second kappa shape index (κ2) is 6.41. The molecule has 1 fully saturated rings. The van der Waals surface area contributed by atoms with Crippen LogP contribution in [0.3, 0.4) is 0 Å². The highest BCUT2D eigenvalue weighted by Crippen LogP contribution is 2.25. The Hall–Kier alpha value is -1.66. The van der Waals surface area contributed by atoms with Crippen LogP contribution < -0.4 is 11.1 Å². The van der Waals surface area contributed by atoms with Crippen LogP contribution in [0.2, 0.25) is 0 Å². The van der Waals surface area contributed by atoms with E-state index in [4.69, 9.17) is 10.5 Å². The van der Waals surface area contributed by atoms with E-state index in [1.807, 2.05) is 24.3 Å². The Bertz CT molecular complexity index is 629. The molecule has 1 aliphatic heterocycles. The van der Waals surface area contributed by atoms with Crippen LogP contribution in [0.1, 0.15) is 12.8 Å². The zero-order chi connectivity index (χ0) is 14.7. The van der Waals surface area contributed by atoms with Gasteiger partial charge in [-0.1, -0.05) is 28.1 Å². The van der Waals surface area contributed by atoms with Crippen molar-refractivity contribution in [2.75, 3.05) is 24.3 Å². The zero-order valence-electron chi connectivity index (χ0n) is 11.6. The fourth-order valence-corrected chi connectivity index (χ4v) is 2.73. The van der Waals surface area contributed by atoms with Crippen molar-refractivity contribution in [1.29, 1.82) is 0 Å². The number of benzene rings is 1. The molecule has 0 spiro atoms. The lowest BCUT2D eigenvalue weighted by atomic mass is 10.1. The molecule has 0 bridgehead atoms. The van der Waals surface area contributed by atoms with Crippen LogP contribution in [0, 0.1) is 0 Å². The molecule has 1 aromatic carbocycles. The fourth-order valence-electron chi connectivity index (χ4n) is 2.33. The van der Waals surface area contributed by atoms with Crippen LogP contribution >= 0.6 is 15.9 Å². The van der Waals surface area contributed by atoms with Gasteiger partial charge in [-0.15, -0.1) is 0 Å². The molecule has 0 atom stereocenters. The summed E-state index contributed by atoms with van der Waals surface area (Å²) in [5.74, 6) is 1.08. The Morgan fingerprint density at radius 1 is 1.29 bits per heavy atom. The van der Waals surface area contributed by atoms with Gasteiger partial charge in [-0.25, -0.2) is 9.97 Å². The van der Waals surface area contributed by atoms with Crippen LogP contribution in [0.5, 0.6) is 0 Å². The van der Waals surface area contributed by atoms with Crippen molar-refractivity contribution in [2.45, 2.75) is 18.9 Å². The normalized spacial score (nSPS) is 15.9. The van der Waals surface area contributed by atoms with Gasteiger partial charge < -0.3 is 15.8 Å². The molecule has 3 rings (SSSR count). The third kappa shape index (κ3) is 3.51. The Labute approximate surface area is 132 Å². The Balaban J connectivity index is 1.85. The lowest BCUT2D eigenvalue weighted by Crippen LogP contribution is -2.28. The van der Waals surface area contributed by atoms with Gasteiger partial charge in [-0.05, 0) is 25.0 Å². The number of nitrogens with two attached hydrogens (primary N) is 1. The van der Waals surface area contributed by atoms with Gasteiger partial charge in [0.1, 0.15) is 0 Å². The van der Waals surface area contributed by atoms with Crippen molar-refractivity contribution >= 4 is 27.6 Å². The lowest BCUT2D eigenvalue weighted by molar-refractivity contribution is 0.0904. The number of ether oxygens (including phenoxy) is 1. The molecule has 1 saturated heterocycles. The molecule has 2 aromatic rings. The monoisotopic (exact) mass is 348 g/mol. The fraction of sp³-hybridized carbons (Fsp3) is 0.333. The third-order valence-corrected chi connectivity index (χ3v) is 3.98. The molecule has 110 valence electrons. The van der Waals surface area contributed by atoms with Crippen molar-refractivity contribution in [2.24, 2.45) is 0 Å². The molecule has 6 heteroatoms. The Morgan fingerprint density at radius 3 is 2.86 bits per heavy atom. The van der Waals surface area contributed by atoms with E-state index in [1.54, 1.807) is 6.20 Å². The first-order valence-electron chi connectivity index (χ1n) is 6.95. The highest BCUT2D eigenvalue weighted by Gasteiger charge is 2.16. The summed E-state index contributed by atoms with van der Waals surface area (Å²) >= 11 is 3.47. The van der Waals surface area contributed by atoms with E-state index in [0.29, 0.717) is 17.7 Å². The first kappa shape index (κ1) is 14.3. The molecule has 5 nitrogen and oxygen atoms in total. The maximum atomic E-state index is 5.94. The number of nitrogen functional groups attached to an aromatic ring is 1. The van der Waals surface area contributed by atoms with Crippen molar-refractivity contribution in [3.63, 3.8) is 0 Å². The molecule has 0 radical (unpaired) electrons. The standard InChI is InChI=1S/C15H17BrN4O/c16-11-3-1-2-10(8-11)13-9-18-14(17)15(20-13)19-12-4-6-21-7-5-12/h1-3,8-9,12H,4-7H2,(H2,17,18)(H,19,20). The molecule has 1 aromatic heterocycles. The van der Waals surface area contributed by atoms with Crippen LogP contribution in [-0.4, -0.2) is 29.2 Å². The van der Waals surface area contributed by atoms with Gasteiger partial charge in [0, 0.05) is 29.3 Å². The van der Waals surface area contributed by atoms with E-state index in [2.05, 4.69) is 31.2 Å². The second-order valence-electron chi connectivity index (χ2n) is 5.03. The minimum Gasteiger partial charge on any atom is -0.381 e. The van der Waals surface area contributed by atoms with Crippen molar-refractivity contribution in [3.05, 3.63) is 34.9 Å². The quantitative estimate of drug-likeness (QED) is 0.891. The van der Waals surface area contributed by atoms with Gasteiger partial charge in [0.05, 0.1) is 11.9 Å². The summed E-state index contributed by atoms with van der Waals surface area (Å²) in [5, 5.41) is 3.38. The molecule has 0 unspecified atom stereocenters. The van der Waals surface area contributed by atoms with Gasteiger partial charge in [0.2, 0.25) is 0 Å². The van der Waals surface area contributed by atoms with Gasteiger partial charge in [0.15, 0.2) is 11.6 Å². The van der Waals surface area contributed by atoms with Crippen LogP contribution in [-0.2, 0) is 4.74 Å². The van der Waals surface area contributed by atoms with E-state index in [9.17, 15) is 0 Å². The van der Waals surface area contributed by atoms with E-state index in [-0.39, 0.29) is 0 Å². The Kier molecular flexibility index (Phi) is 4.36. The summed E-state index contributed by atoms with van der Waals surface area (Å²) in [6.45, 7) is 1.55. The van der Waals surface area contributed by atoms with Gasteiger partial charge in [-0.2, -0.15) is 0 Å². The largest absolute Gasteiger partial charge is 0.381 e. The van der Waals surface area contributed by atoms with Crippen LogP contribution in [0.25, 0.3) is 11.3 Å². The summed E-state index contributed by atoms with van der Waals surface area (Å²) in [6.07, 6.45) is 3.62. The molecule has 21 heavy (non-hydrogen) atoms. The summed E-state index contributed by atoms with van der Waals surface area (Å²) in [6, 6.07) is 8.31. The van der Waals surface area contributed by atoms with E-state index < -0.39 is 0 Å². The molecule has 0 aliphatic carbocycles. The SMILES string of the molecule is Nc1ncc(-c2cccc(Br)c2)nc1NC1CCOCC1. The maximum absolute atomic E-state index is 5.94. The number of halogens is 1. The minimum absolute atomic E-state index is 0.341. The summed E-state index contributed by atoms with van der Waals surface area (Å²) in [7, 11) is 0. The first-order valence-corrected chi connectivity index (χ1v) is 7.74. The van der Waals surface area contributed by atoms with Gasteiger partial charge in [0.25, 0.3) is 0 Å². The maximum Gasteiger partial charge on any atom is 0.169 e. The number of hydrogen-bond acceptors (Lipinski definition) is 5. The number of hydrogen-bond donors (Lipinski definition) is 2. The number of rotatable bonds is 3. The smallest absolute Gasteiger partial charge is 0.169 e. The summed E-state index contributed by atoms with van der Waals surface area (Å²) < 4.78 is 6.37. The molecular weight excluding hydrogens is 332 g/mol. The average molecular weight is 349 g/mol. The minimum atomic E-state index is 0.341. The van der Waals surface area contributed by atoms with E-state index in [0.717, 1.165) is 41.8 Å². The molecule has 2 heterocycles. The topological polar surface area (TPSA) is 73.1 Å². The second-order valence-corrected chi connectivity index (χ2v) is 5.95. The van der Waals surface area contributed by atoms with E-state index >= 15 is 0 Å². The highest BCUT2D eigenvalue weighted by molar-refractivity contribution is 9.10.